The number of phenolic OH excluding ortho intramolecular Hbond substituents is 1. The Kier molecular flexibility index (Phi) is 5.48. The molecule has 152 valence electrons. The van der Waals surface area contributed by atoms with Crippen LogP contribution in [0.5, 0.6) is 23.0 Å². The molecule has 4 heteroatoms. The average molecular weight is 400 g/mol. The molecule has 0 aliphatic rings. The topological polar surface area (TPSA) is 47.9 Å². The van der Waals surface area contributed by atoms with Gasteiger partial charge in [-0.3, -0.25) is 0 Å². The molecule has 0 fully saturated rings. The van der Waals surface area contributed by atoms with E-state index in [1.807, 2.05) is 36.4 Å². The van der Waals surface area contributed by atoms with Crippen molar-refractivity contribution in [2.45, 2.75) is 5.92 Å². The number of rotatable bonds is 6. The number of hydrogen-bond donors (Lipinski definition) is 1. The number of fused-ring (bicyclic) bond motifs is 1. The third-order valence-corrected chi connectivity index (χ3v) is 5.41. The third kappa shape index (κ3) is 3.41. The van der Waals surface area contributed by atoms with Crippen molar-refractivity contribution in [1.29, 1.82) is 0 Å². The van der Waals surface area contributed by atoms with Gasteiger partial charge in [0.2, 0.25) is 5.75 Å². The molecule has 4 aromatic rings. The lowest BCUT2D eigenvalue weighted by molar-refractivity contribution is 0.322. The molecule has 30 heavy (non-hydrogen) atoms. The number of ether oxygens (including phenoxy) is 3. The highest BCUT2D eigenvalue weighted by Gasteiger charge is 2.26. The van der Waals surface area contributed by atoms with Crippen molar-refractivity contribution in [3.8, 4) is 23.0 Å². The van der Waals surface area contributed by atoms with E-state index in [0.717, 1.165) is 22.1 Å². The van der Waals surface area contributed by atoms with Crippen LogP contribution < -0.4 is 14.2 Å². The molecule has 0 radical (unpaired) electrons. The van der Waals surface area contributed by atoms with E-state index in [1.54, 1.807) is 33.5 Å². The first-order valence-electron chi connectivity index (χ1n) is 9.73. The maximum Gasteiger partial charge on any atom is 0.203 e. The number of benzene rings is 4. The lowest BCUT2D eigenvalue weighted by atomic mass is 9.82. The lowest BCUT2D eigenvalue weighted by Crippen LogP contribution is -2.08. The first-order valence-corrected chi connectivity index (χ1v) is 9.73. The molecule has 0 amide bonds. The summed E-state index contributed by atoms with van der Waals surface area (Å²) >= 11 is 0. The van der Waals surface area contributed by atoms with Gasteiger partial charge in [-0.2, -0.15) is 0 Å². The summed E-state index contributed by atoms with van der Waals surface area (Å²) in [6.45, 7) is 0. The summed E-state index contributed by atoms with van der Waals surface area (Å²) in [4.78, 5) is 0. The van der Waals surface area contributed by atoms with Gasteiger partial charge in [-0.1, -0.05) is 60.7 Å². The van der Waals surface area contributed by atoms with Crippen molar-refractivity contribution < 1.29 is 19.3 Å². The number of phenols is 1. The summed E-state index contributed by atoms with van der Waals surface area (Å²) < 4.78 is 16.9. The smallest absolute Gasteiger partial charge is 0.203 e. The monoisotopic (exact) mass is 400 g/mol. The van der Waals surface area contributed by atoms with Crippen LogP contribution >= 0.6 is 0 Å². The highest BCUT2D eigenvalue weighted by atomic mass is 16.5. The van der Waals surface area contributed by atoms with Crippen molar-refractivity contribution in [3.63, 3.8) is 0 Å². The van der Waals surface area contributed by atoms with E-state index in [2.05, 4.69) is 30.3 Å². The SMILES string of the molecule is COc1ccc(C(c2ccc(O)cc2)c2cccc3ccccc23)c(OC)c1OC. The molecule has 0 saturated heterocycles. The Labute approximate surface area is 176 Å². The van der Waals surface area contributed by atoms with Crippen LogP contribution in [-0.2, 0) is 0 Å². The van der Waals surface area contributed by atoms with Gasteiger partial charge in [0.05, 0.1) is 21.3 Å². The van der Waals surface area contributed by atoms with Crippen molar-refractivity contribution in [1.82, 2.24) is 0 Å². The van der Waals surface area contributed by atoms with E-state index >= 15 is 0 Å². The Morgan fingerprint density at radius 2 is 1.33 bits per heavy atom. The second-order valence-corrected chi connectivity index (χ2v) is 7.02. The summed E-state index contributed by atoms with van der Waals surface area (Å²) in [5.74, 6) is 1.89. The second-order valence-electron chi connectivity index (χ2n) is 7.02. The Hall–Kier alpha value is -3.66. The van der Waals surface area contributed by atoms with Crippen LogP contribution in [0.2, 0.25) is 0 Å². The van der Waals surface area contributed by atoms with Crippen LogP contribution in [0.3, 0.4) is 0 Å². The molecule has 4 rings (SSSR count). The largest absolute Gasteiger partial charge is 0.508 e. The molecule has 1 unspecified atom stereocenters. The van der Waals surface area contributed by atoms with Gasteiger partial charge in [0.25, 0.3) is 0 Å². The van der Waals surface area contributed by atoms with Gasteiger partial charge in [0, 0.05) is 11.5 Å². The molecule has 4 aromatic carbocycles. The Morgan fingerprint density at radius 1 is 0.633 bits per heavy atom. The molecule has 0 aliphatic heterocycles. The fourth-order valence-electron chi connectivity index (χ4n) is 4.05. The minimum atomic E-state index is -0.133. The van der Waals surface area contributed by atoms with Crippen LogP contribution in [0.15, 0.2) is 78.9 Å². The number of methoxy groups -OCH3 is 3. The zero-order valence-corrected chi connectivity index (χ0v) is 17.3. The summed E-state index contributed by atoms with van der Waals surface area (Å²) in [6.07, 6.45) is 0. The molecule has 1 N–H and O–H groups in total. The summed E-state index contributed by atoms with van der Waals surface area (Å²) in [5, 5.41) is 12.2. The molecule has 0 aromatic heterocycles. The van der Waals surface area contributed by atoms with Crippen molar-refractivity contribution in [3.05, 3.63) is 95.6 Å². The van der Waals surface area contributed by atoms with Crippen LogP contribution in [-0.4, -0.2) is 26.4 Å². The average Bonchev–Trinajstić information content (AvgIpc) is 2.80. The van der Waals surface area contributed by atoms with Gasteiger partial charge in [-0.25, -0.2) is 0 Å². The zero-order chi connectivity index (χ0) is 21.1. The van der Waals surface area contributed by atoms with Crippen LogP contribution in [0.1, 0.15) is 22.6 Å². The standard InChI is InChI=1S/C26H24O4/c1-28-23-16-15-22(25(29-2)26(23)30-3)24(18-11-13-19(27)14-12-18)21-10-6-8-17-7-4-5-9-20(17)21/h4-16,24,27H,1-3H3. The van der Waals surface area contributed by atoms with Crippen LogP contribution in [0, 0.1) is 0 Å². The minimum Gasteiger partial charge on any atom is -0.508 e. The number of hydrogen-bond acceptors (Lipinski definition) is 4. The Morgan fingerprint density at radius 3 is 2.03 bits per heavy atom. The minimum absolute atomic E-state index is 0.133. The van der Waals surface area contributed by atoms with E-state index < -0.39 is 0 Å². The van der Waals surface area contributed by atoms with E-state index in [0.29, 0.717) is 17.2 Å². The molecular weight excluding hydrogens is 376 g/mol. The number of aromatic hydroxyl groups is 1. The van der Waals surface area contributed by atoms with Crippen LogP contribution in [0.4, 0.5) is 0 Å². The van der Waals surface area contributed by atoms with E-state index in [-0.39, 0.29) is 11.7 Å². The van der Waals surface area contributed by atoms with Crippen LogP contribution in [0.25, 0.3) is 10.8 Å². The molecule has 0 saturated carbocycles. The highest BCUT2D eigenvalue weighted by Crippen LogP contribution is 2.47. The predicted molar refractivity (Wildman–Crippen MR) is 119 cm³/mol. The highest BCUT2D eigenvalue weighted by molar-refractivity contribution is 5.87. The Balaban J connectivity index is 2.04. The molecule has 4 nitrogen and oxygen atoms in total. The first-order chi connectivity index (χ1) is 14.7. The fourth-order valence-corrected chi connectivity index (χ4v) is 4.05. The zero-order valence-electron chi connectivity index (χ0n) is 17.3. The summed E-state index contributed by atoms with van der Waals surface area (Å²) in [6, 6.07) is 25.9. The first kappa shape index (κ1) is 19.6. The maximum absolute atomic E-state index is 9.84. The predicted octanol–water partition coefficient (Wildman–Crippen LogP) is 5.75. The molecule has 0 bridgehead atoms. The van der Waals surface area contributed by atoms with E-state index in [1.165, 1.54) is 5.39 Å². The quantitative estimate of drug-likeness (QED) is 0.419. The van der Waals surface area contributed by atoms with Gasteiger partial charge in [-0.15, -0.1) is 0 Å². The normalized spacial score (nSPS) is 11.8. The maximum atomic E-state index is 9.84. The molecule has 1 atom stereocenters. The third-order valence-electron chi connectivity index (χ3n) is 5.41. The lowest BCUT2D eigenvalue weighted by Gasteiger charge is -2.24. The van der Waals surface area contributed by atoms with Gasteiger partial charge in [-0.05, 0) is 40.1 Å². The van der Waals surface area contributed by atoms with E-state index in [9.17, 15) is 5.11 Å². The van der Waals surface area contributed by atoms with Gasteiger partial charge < -0.3 is 19.3 Å². The fraction of sp³-hybridized carbons (Fsp3) is 0.154. The molecule has 0 spiro atoms. The summed E-state index contributed by atoms with van der Waals surface area (Å²) in [7, 11) is 4.86. The molecule has 0 aliphatic carbocycles. The van der Waals surface area contributed by atoms with Crippen molar-refractivity contribution in [2.24, 2.45) is 0 Å². The van der Waals surface area contributed by atoms with Gasteiger partial charge in [0.1, 0.15) is 5.75 Å². The summed E-state index contributed by atoms with van der Waals surface area (Å²) in [5.41, 5.74) is 3.14. The molecular formula is C26H24O4. The van der Waals surface area contributed by atoms with E-state index in [4.69, 9.17) is 14.2 Å². The molecule has 0 heterocycles. The Bertz CT molecular complexity index is 1160. The second kappa shape index (κ2) is 8.37. The van der Waals surface area contributed by atoms with Gasteiger partial charge >= 0.3 is 0 Å². The van der Waals surface area contributed by atoms with Crippen molar-refractivity contribution >= 4 is 10.8 Å². The van der Waals surface area contributed by atoms with Crippen molar-refractivity contribution in [2.75, 3.05) is 21.3 Å². The van der Waals surface area contributed by atoms with Gasteiger partial charge in [0.15, 0.2) is 11.5 Å².